The van der Waals surface area contributed by atoms with Gasteiger partial charge in [-0.1, -0.05) is 11.6 Å². The van der Waals surface area contributed by atoms with E-state index in [4.69, 9.17) is 31.2 Å². The Labute approximate surface area is 208 Å². The molecular formula is C24H26Cl2N4O2S. The van der Waals surface area contributed by atoms with Crippen molar-refractivity contribution in [2.45, 2.75) is 40.5 Å². The number of fused-ring (bicyclic) bond motifs is 2. The van der Waals surface area contributed by atoms with E-state index in [0.29, 0.717) is 18.2 Å². The van der Waals surface area contributed by atoms with Crippen molar-refractivity contribution in [1.29, 1.82) is 0 Å². The molecule has 33 heavy (non-hydrogen) atoms. The third-order valence-electron chi connectivity index (χ3n) is 5.84. The summed E-state index contributed by atoms with van der Waals surface area (Å²) in [6.07, 6.45) is 0. The van der Waals surface area contributed by atoms with Gasteiger partial charge < -0.3 is 14.4 Å². The van der Waals surface area contributed by atoms with Crippen LogP contribution in [0.1, 0.15) is 34.3 Å². The molecule has 0 saturated carbocycles. The number of anilines is 1. The minimum Gasteiger partial charge on any atom is -0.497 e. The van der Waals surface area contributed by atoms with E-state index in [2.05, 4.69) is 30.2 Å². The lowest BCUT2D eigenvalue weighted by atomic mass is 10.1. The molecule has 1 aliphatic rings. The molecule has 5 rings (SSSR count). The van der Waals surface area contributed by atoms with Gasteiger partial charge in [0.1, 0.15) is 11.6 Å². The largest absolute Gasteiger partial charge is 0.497 e. The van der Waals surface area contributed by atoms with Crippen LogP contribution in [0.25, 0.3) is 16.8 Å². The summed E-state index contributed by atoms with van der Waals surface area (Å²) in [6.45, 7) is 9.04. The number of hydrogen-bond acceptors (Lipinski definition) is 6. The average Bonchev–Trinajstić information content (AvgIpc) is 3.49. The van der Waals surface area contributed by atoms with Gasteiger partial charge in [0.15, 0.2) is 5.65 Å². The lowest BCUT2D eigenvalue weighted by Crippen LogP contribution is -2.26. The molecule has 0 N–H and O–H groups in total. The predicted octanol–water partition coefficient (Wildman–Crippen LogP) is 6.22. The van der Waals surface area contributed by atoms with Gasteiger partial charge in [-0.2, -0.15) is 9.61 Å². The number of thiophene rings is 1. The number of nitrogens with zero attached hydrogens (tertiary/aromatic N) is 4. The van der Waals surface area contributed by atoms with Gasteiger partial charge in [-0.3, -0.25) is 0 Å². The Morgan fingerprint density at radius 2 is 2.06 bits per heavy atom. The van der Waals surface area contributed by atoms with Crippen LogP contribution in [0, 0.1) is 13.8 Å². The predicted molar refractivity (Wildman–Crippen MR) is 136 cm³/mol. The first-order valence-corrected chi connectivity index (χ1v) is 11.9. The van der Waals surface area contributed by atoms with Crippen molar-refractivity contribution in [1.82, 2.24) is 14.6 Å². The van der Waals surface area contributed by atoms with Crippen molar-refractivity contribution in [3.8, 4) is 16.9 Å². The number of aryl methyl sites for hydroxylation is 2. The SMILES string of the molecule is CCN(Cc1cc(C)cs1)c1c2c(nc3c(-c4ccc(OC)cc4Cl)c(C)nn13)COC2.Cl. The van der Waals surface area contributed by atoms with Crippen molar-refractivity contribution < 1.29 is 9.47 Å². The molecule has 4 aromatic rings. The van der Waals surface area contributed by atoms with Gasteiger partial charge in [-0.05, 0) is 56.0 Å². The fourth-order valence-corrected chi connectivity index (χ4v) is 5.45. The molecule has 9 heteroatoms. The number of ether oxygens (including phenoxy) is 2. The van der Waals surface area contributed by atoms with Crippen LogP contribution in [0.3, 0.4) is 0 Å². The van der Waals surface area contributed by atoms with Crippen molar-refractivity contribution in [2.24, 2.45) is 0 Å². The summed E-state index contributed by atoms with van der Waals surface area (Å²) in [4.78, 5) is 8.67. The zero-order chi connectivity index (χ0) is 22.4. The zero-order valence-corrected chi connectivity index (χ0v) is 21.4. The van der Waals surface area contributed by atoms with Gasteiger partial charge in [0.2, 0.25) is 0 Å². The summed E-state index contributed by atoms with van der Waals surface area (Å²) in [5, 5.41) is 7.75. The molecule has 0 fully saturated rings. The smallest absolute Gasteiger partial charge is 0.165 e. The Morgan fingerprint density at radius 1 is 1.24 bits per heavy atom. The molecule has 0 radical (unpaired) electrons. The molecule has 0 spiro atoms. The van der Waals surface area contributed by atoms with Crippen LogP contribution in [0.5, 0.6) is 5.75 Å². The Bertz CT molecular complexity index is 1320. The molecule has 174 valence electrons. The van der Waals surface area contributed by atoms with Crippen LogP contribution >= 0.6 is 35.3 Å². The molecule has 0 atom stereocenters. The Balaban J connectivity index is 0.00000259. The monoisotopic (exact) mass is 504 g/mol. The molecule has 3 aromatic heterocycles. The summed E-state index contributed by atoms with van der Waals surface area (Å²) in [5.74, 6) is 1.77. The Morgan fingerprint density at radius 3 is 2.73 bits per heavy atom. The molecule has 0 amide bonds. The number of methoxy groups -OCH3 is 1. The molecule has 1 aromatic carbocycles. The van der Waals surface area contributed by atoms with Crippen molar-refractivity contribution in [2.75, 3.05) is 18.6 Å². The summed E-state index contributed by atoms with van der Waals surface area (Å²) in [7, 11) is 1.64. The highest BCUT2D eigenvalue weighted by Crippen LogP contribution is 2.39. The van der Waals surface area contributed by atoms with E-state index in [9.17, 15) is 0 Å². The van der Waals surface area contributed by atoms with Crippen molar-refractivity contribution >= 4 is 46.8 Å². The second-order valence-corrected chi connectivity index (χ2v) is 9.40. The Hall–Kier alpha value is -2.32. The summed E-state index contributed by atoms with van der Waals surface area (Å²) in [6, 6.07) is 7.97. The molecule has 1 aliphatic heterocycles. The zero-order valence-electron chi connectivity index (χ0n) is 19.0. The van der Waals surface area contributed by atoms with Crippen LogP contribution in [0.4, 0.5) is 5.82 Å². The fraction of sp³-hybridized carbons (Fsp3) is 0.333. The highest BCUT2D eigenvalue weighted by atomic mass is 35.5. The van der Waals surface area contributed by atoms with E-state index in [1.165, 1.54) is 10.4 Å². The molecule has 0 saturated heterocycles. The maximum Gasteiger partial charge on any atom is 0.165 e. The molecule has 0 bridgehead atoms. The summed E-state index contributed by atoms with van der Waals surface area (Å²) >= 11 is 8.44. The van der Waals surface area contributed by atoms with E-state index in [0.717, 1.165) is 58.4 Å². The lowest BCUT2D eigenvalue weighted by Gasteiger charge is -2.25. The van der Waals surface area contributed by atoms with Gasteiger partial charge in [-0.25, -0.2) is 4.98 Å². The summed E-state index contributed by atoms with van der Waals surface area (Å²) < 4.78 is 13.1. The van der Waals surface area contributed by atoms with E-state index >= 15 is 0 Å². The standard InChI is InChI=1S/C24H25ClN4O2S.ClH/c1-5-28(10-17-8-14(2)13-32-17)24-19-11-31-12-21(19)26-23-22(15(3)27-29(23)24)18-7-6-16(30-4)9-20(18)25;/h6-9,13H,5,10-12H2,1-4H3;1H. The minimum absolute atomic E-state index is 0. The van der Waals surface area contributed by atoms with E-state index in [-0.39, 0.29) is 12.4 Å². The quantitative estimate of drug-likeness (QED) is 0.312. The lowest BCUT2D eigenvalue weighted by molar-refractivity contribution is 0.133. The van der Waals surface area contributed by atoms with Crippen LogP contribution in [0.15, 0.2) is 29.6 Å². The first kappa shape index (κ1) is 23.8. The van der Waals surface area contributed by atoms with Gasteiger partial charge in [0, 0.05) is 22.5 Å². The minimum atomic E-state index is 0. The van der Waals surface area contributed by atoms with Gasteiger partial charge in [-0.15, -0.1) is 23.7 Å². The highest BCUT2D eigenvalue weighted by Gasteiger charge is 2.28. The molecule has 0 aliphatic carbocycles. The number of benzene rings is 1. The number of hydrogen-bond donors (Lipinski definition) is 0. The van der Waals surface area contributed by atoms with Crippen LogP contribution in [0.2, 0.25) is 5.02 Å². The van der Waals surface area contributed by atoms with E-state index in [1.807, 2.05) is 29.6 Å². The Kier molecular flexibility index (Phi) is 6.86. The fourth-order valence-electron chi connectivity index (χ4n) is 4.30. The third kappa shape index (κ3) is 4.19. The third-order valence-corrected chi connectivity index (χ3v) is 7.19. The first-order valence-electron chi connectivity index (χ1n) is 10.6. The van der Waals surface area contributed by atoms with Crippen molar-refractivity contribution in [3.05, 3.63) is 62.1 Å². The second kappa shape index (κ2) is 9.50. The first-order chi connectivity index (χ1) is 15.5. The number of halogens is 2. The number of aromatic nitrogens is 3. The molecule has 0 unspecified atom stereocenters. The molecular weight excluding hydrogens is 479 g/mol. The summed E-state index contributed by atoms with van der Waals surface area (Å²) in [5.41, 5.74) is 6.90. The van der Waals surface area contributed by atoms with E-state index in [1.54, 1.807) is 18.4 Å². The highest BCUT2D eigenvalue weighted by molar-refractivity contribution is 7.10. The maximum atomic E-state index is 6.65. The second-order valence-electron chi connectivity index (χ2n) is 8.00. The maximum absolute atomic E-state index is 6.65. The van der Waals surface area contributed by atoms with Gasteiger partial charge >= 0.3 is 0 Å². The van der Waals surface area contributed by atoms with E-state index < -0.39 is 0 Å². The van der Waals surface area contributed by atoms with Gasteiger partial charge in [0.05, 0.1) is 48.8 Å². The average molecular weight is 505 g/mol. The topological polar surface area (TPSA) is 51.9 Å². The van der Waals surface area contributed by atoms with Crippen LogP contribution < -0.4 is 9.64 Å². The van der Waals surface area contributed by atoms with Crippen LogP contribution in [-0.4, -0.2) is 28.3 Å². The van der Waals surface area contributed by atoms with Gasteiger partial charge in [0.25, 0.3) is 0 Å². The van der Waals surface area contributed by atoms with Crippen LogP contribution in [-0.2, 0) is 24.5 Å². The molecule has 6 nitrogen and oxygen atoms in total. The normalized spacial score (nSPS) is 12.6. The van der Waals surface area contributed by atoms with Crippen molar-refractivity contribution in [3.63, 3.8) is 0 Å². The number of rotatable bonds is 6. The molecule has 4 heterocycles.